The predicted octanol–water partition coefficient (Wildman–Crippen LogP) is 2.82. The molecule has 0 amide bonds. The van der Waals surface area contributed by atoms with E-state index in [0.717, 1.165) is 0 Å². The summed E-state index contributed by atoms with van der Waals surface area (Å²) < 4.78 is 10.9. The lowest BCUT2D eigenvalue weighted by atomic mass is 10.1. The molecule has 0 spiro atoms. The molecule has 0 aromatic carbocycles. The minimum Gasteiger partial charge on any atom is -0.472 e. The number of nitrogens with two attached hydrogens (primary N) is 1. The maximum atomic E-state index is 12.0. The van der Waals surface area contributed by atoms with Gasteiger partial charge in [-0.1, -0.05) is 11.6 Å². The van der Waals surface area contributed by atoms with E-state index in [9.17, 15) is 4.79 Å². The summed E-state index contributed by atoms with van der Waals surface area (Å²) in [5, 5.41) is 0.379. The Bertz CT molecular complexity index is 481. The van der Waals surface area contributed by atoms with Crippen molar-refractivity contribution in [2.75, 3.05) is 5.73 Å². The van der Waals surface area contributed by atoms with Crippen molar-refractivity contribution in [2.45, 2.75) is 45.8 Å². The van der Waals surface area contributed by atoms with Gasteiger partial charge >= 0.3 is 5.97 Å². The van der Waals surface area contributed by atoms with Gasteiger partial charge in [0.15, 0.2) is 17.2 Å². The van der Waals surface area contributed by atoms with Gasteiger partial charge in [0.05, 0.1) is 5.02 Å². The third kappa shape index (κ3) is 4.59. The summed E-state index contributed by atoms with van der Waals surface area (Å²) >= 11 is 5.82. The Morgan fingerprint density at radius 1 is 1.32 bits per heavy atom. The first-order chi connectivity index (χ1) is 8.51. The number of halogens is 1. The molecule has 0 aliphatic heterocycles. The summed E-state index contributed by atoms with van der Waals surface area (Å²) in [6.07, 6.45) is 1.41. The SMILES string of the molecule is CC(C)(C)OC(=O)C(C)(C)Oc1cc(Cl)cnc1N. The average molecular weight is 287 g/mol. The summed E-state index contributed by atoms with van der Waals surface area (Å²) in [7, 11) is 0. The van der Waals surface area contributed by atoms with Crippen molar-refractivity contribution in [3.8, 4) is 5.75 Å². The molecule has 0 unspecified atom stereocenters. The molecule has 2 N–H and O–H groups in total. The third-order valence-corrected chi connectivity index (χ3v) is 2.31. The van der Waals surface area contributed by atoms with Crippen LogP contribution in [0.5, 0.6) is 5.75 Å². The van der Waals surface area contributed by atoms with Crippen LogP contribution in [0.3, 0.4) is 0 Å². The second-order valence-corrected chi connectivity index (χ2v) is 6.09. The van der Waals surface area contributed by atoms with Crippen LogP contribution < -0.4 is 10.5 Å². The fraction of sp³-hybridized carbons (Fsp3) is 0.538. The van der Waals surface area contributed by atoms with E-state index in [1.54, 1.807) is 34.6 Å². The lowest BCUT2D eigenvalue weighted by Gasteiger charge is -2.29. The van der Waals surface area contributed by atoms with E-state index in [-0.39, 0.29) is 11.6 Å². The average Bonchev–Trinajstić information content (AvgIpc) is 2.20. The van der Waals surface area contributed by atoms with Crippen molar-refractivity contribution >= 4 is 23.4 Å². The van der Waals surface area contributed by atoms with Crippen LogP contribution in [0.1, 0.15) is 34.6 Å². The molecule has 5 nitrogen and oxygen atoms in total. The summed E-state index contributed by atoms with van der Waals surface area (Å²) in [6, 6.07) is 1.51. The molecule has 0 atom stereocenters. The van der Waals surface area contributed by atoms with E-state index in [0.29, 0.717) is 5.02 Å². The van der Waals surface area contributed by atoms with Gasteiger partial charge in [-0.3, -0.25) is 0 Å². The van der Waals surface area contributed by atoms with Gasteiger partial charge in [0.25, 0.3) is 0 Å². The van der Waals surface area contributed by atoms with Gasteiger partial charge in [-0.15, -0.1) is 0 Å². The molecule has 0 saturated carbocycles. The van der Waals surface area contributed by atoms with E-state index < -0.39 is 17.2 Å². The lowest BCUT2D eigenvalue weighted by molar-refractivity contribution is -0.170. The molecule has 1 aromatic heterocycles. The van der Waals surface area contributed by atoms with Gasteiger partial charge in [0, 0.05) is 12.3 Å². The number of aromatic nitrogens is 1. The van der Waals surface area contributed by atoms with E-state index >= 15 is 0 Å². The number of hydrogen-bond acceptors (Lipinski definition) is 5. The van der Waals surface area contributed by atoms with E-state index in [2.05, 4.69) is 4.98 Å². The van der Waals surface area contributed by atoms with Gasteiger partial charge < -0.3 is 15.2 Å². The first-order valence-corrected chi connectivity index (χ1v) is 6.22. The van der Waals surface area contributed by atoms with Crippen molar-refractivity contribution in [1.82, 2.24) is 4.98 Å². The van der Waals surface area contributed by atoms with E-state index in [4.69, 9.17) is 26.8 Å². The van der Waals surface area contributed by atoms with Crippen LogP contribution >= 0.6 is 11.6 Å². The number of pyridine rings is 1. The molecule has 0 bridgehead atoms. The highest BCUT2D eigenvalue weighted by molar-refractivity contribution is 6.30. The summed E-state index contributed by atoms with van der Waals surface area (Å²) in [6.45, 7) is 8.56. The van der Waals surface area contributed by atoms with Gasteiger partial charge in [0.2, 0.25) is 0 Å². The van der Waals surface area contributed by atoms with Crippen molar-refractivity contribution in [3.05, 3.63) is 17.3 Å². The zero-order valence-electron chi connectivity index (χ0n) is 11.8. The van der Waals surface area contributed by atoms with Crippen LogP contribution in [-0.2, 0) is 9.53 Å². The molecular formula is C13H19ClN2O3. The van der Waals surface area contributed by atoms with Gasteiger partial charge in [-0.2, -0.15) is 0 Å². The standard InChI is InChI=1S/C13H19ClN2O3/c1-12(2,3)19-11(17)13(4,5)18-9-6-8(14)7-16-10(9)15/h6-7H,1-5H3,(H2,15,16). The molecule has 0 aliphatic carbocycles. The molecule has 0 saturated heterocycles. The highest BCUT2D eigenvalue weighted by atomic mass is 35.5. The normalized spacial score (nSPS) is 12.1. The lowest BCUT2D eigenvalue weighted by Crippen LogP contribution is -2.43. The number of hydrogen-bond donors (Lipinski definition) is 1. The number of carbonyl (C=O) groups excluding carboxylic acids is 1. The van der Waals surface area contributed by atoms with Crippen LogP contribution in [0.4, 0.5) is 5.82 Å². The zero-order valence-corrected chi connectivity index (χ0v) is 12.5. The third-order valence-electron chi connectivity index (χ3n) is 2.10. The second kappa shape index (κ2) is 5.25. The van der Waals surface area contributed by atoms with Crippen molar-refractivity contribution in [3.63, 3.8) is 0 Å². The second-order valence-electron chi connectivity index (χ2n) is 5.65. The summed E-state index contributed by atoms with van der Waals surface area (Å²) in [5.74, 6) is -0.0660. The Balaban J connectivity index is 2.90. The minimum atomic E-state index is -1.19. The van der Waals surface area contributed by atoms with Crippen molar-refractivity contribution in [1.29, 1.82) is 0 Å². The van der Waals surface area contributed by atoms with Crippen LogP contribution in [0.25, 0.3) is 0 Å². The Morgan fingerprint density at radius 3 is 2.42 bits per heavy atom. The molecule has 1 aromatic rings. The molecule has 1 heterocycles. The summed E-state index contributed by atoms with van der Waals surface area (Å²) in [4.78, 5) is 15.9. The molecule has 0 aliphatic rings. The summed E-state index contributed by atoms with van der Waals surface area (Å²) in [5.41, 5.74) is 3.90. The van der Waals surface area contributed by atoms with Crippen LogP contribution in [-0.4, -0.2) is 22.2 Å². The molecule has 6 heteroatoms. The number of nitrogens with zero attached hydrogens (tertiary/aromatic N) is 1. The maximum absolute atomic E-state index is 12.0. The highest BCUT2D eigenvalue weighted by Crippen LogP contribution is 2.28. The molecule has 19 heavy (non-hydrogen) atoms. The zero-order chi connectivity index (χ0) is 14.8. The Labute approximate surface area is 118 Å². The molecule has 106 valence electrons. The van der Waals surface area contributed by atoms with Crippen molar-refractivity contribution < 1.29 is 14.3 Å². The Morgan fingerprint density at radius 2 is 1.89 bits per heavy atom. The van der Waals surface area contributed by atoms with E-state index in [1.807, 2.05) is 0 Å². The first-order valence-electron chi connectivity index (χ1n) is 5.85. The predicted molar refractivity (Wildman–Crippen MR) is 74.2 cm³/mol. The van der Waals surface area contributed by atoms with Crippen molar-refractivity contribution in [2.24, 2.45) is 0 Å². The highest BCUT2D eigenvalue weighted by Gasteiger charge is 2.35. The quantitative estimate of drug-likeness (QED) is 0.865. The smallest absolute Gasteiger partial charge is 0.350 e. The number of carbonyl (C=O) groups is 1. The van der Waals surface area contributed by atoms with Gasteiger partial charge in [-0.25, -0.2) is 9.78 Å². The molecule has 0 fully saturated rings. The van der Waals surface area contributed by atoms with Gasteiger partial charge in [0.1, 0.15) is 5.60 Å². The van der Waals surface area contributed by atoms with Gasteiger partial charge in [-0.05, 0) is 34.6 Å². The van der Waals surface area contributed by atoms with Crippen LogP contribution in [0.15, 0.2) is 12.3 Å². The molecule has 0 radical (unpaired) electrons. The number of esters is 1. The number of rotatable bonds is 3. The largest absolute Gasteiger partial charge is 0.472 e. The van der Waals surface area contributed by atoms with Crippen LogP contribution in [0.2, 0.25) is 5.02 Å². The number of nitrogen functional groups attached to an aromatic ring is 1. The minimum absolute atomic E-state index is 0.168. The number of ether oxygens (including phenoxy) is 2. The monoisotopic (exact) mass is 286 g/mol. The molecular weight excluding hydrogens is 268 g/mol. The fourth-order valence-corrected chi connectivity index (χ4v) is 1.38. The Hall–Kier alpha value is -1.49. The van der Waals surface area contributed by atoms with Crippen LogP contribution in [0, 0.1) is 0 Å². The maximum Gasteiger partial charge on any atom is 0.350 e. The Kier molecular flexibility index (Phi) is 4.30. The topological polar surface area (TPSA) is 74.4 Å². The molecule has 1 rings (SSSR count). The van der Waals surface area contributed by atoms with E-state index in [1.165, 1.54) is 12.3 Å². The number of anilines is 1. The fourth-order valence-electron chi connectivity index (χ4n) is 1.23. The first kappa shape index (κ1) is 15.6.